The minimum atomic E-state index is -4.58. The lowest BCUT2D eigenvalue weighted by Crippen LogP contribution is -2.21. The van der Waals surface area contributed by atoms with Gasteiger partial charge in [0.15, 0.2) is 6.61 Å². The maximum absolute atomic E-state index is 13.8. The minimum Gasteiger partial charge on any atom is -0.468 e. The molecule has 190 valence electrons. The van der Waals surface area contributed by atoms with Crippen molar-refractivity contribution in [2.75, 3.05) is 6.61 Å². The maximum Gasteiger partial charge on any atom is 0.422 e. The average molecular weight is 516 g/mol. The summed E-state index contributed by atoms with van der Waals surface area (Å²) in [7, 11) is 1.81. The fourth-order valence-corrected chi connectivity index (χ4v) is 3.93. The number of ether oxygens (including phenoxy) is 2. The Morgan fingerprint density at radius 3 is 2.49 bits per heavy atom. The summed E-state index contributed by atoms with van der Waals surface area (Å²) in [6, 6.07) is 13.3. The summed E-state index contributed by atoms with van der Waals surface area (Å²) in [5.74, 6) is -0.444. The predicted octanol–water partition coefficient (Wildman–Crippen LogP) is 5.48. The summed E-state index contributed by atoms with van der Waals surface area (Å²) in [6.45, 7) is -4.58. The van der Waals surface area contributed by atoms with Gasteiger partial charge in [0.2, 0.25) is 5.88 Å². The minimum absolute atomic E-state index is 0.0451. The number of pyridine rings is 2. The zero-order valence-corrected chi connectivity index (χ0v) is 19.0. The van der Waals surface area contributed by atoms with Crippen molar-refractivity contribution >= 4 is 21.9 Å². The molecule has 0 amide bonds. The number of nitrogens with zero attached hydrogens (tertiary/aromatic N) is 4. The fourth-order valence-electron chi connectivity index (χ4n) is 3.93. The van der Waals surface area contributed by atoms with Gasteiger partial charge in [0.25, 0.3) is 5.56 Å². The lowest BCUT2D eigenvalue weighted by molar-refractivity contribution is -0.154. The van der Waals surface area contributed by atoms with Crippen molar-refractivity contribution in [3.05, 3.63) is 77.5 Å². The highest BCUT2D eigenvalue weighted by atomic mass is 19.4. The molecule has 5 aromatic rings. The molecule has 7 nitrogen and oxygen atoms in total. The Bertz CT molecular complexity index is 1660. The molecule has 5 rings (SSSR count). The summed E-state index contributed by atoms with van der Waals surface area (Å²) in [5.41, 5.74) is 1.91. The molecule has 0 aliphatic carbocycles. The van der Waals surface area contributed by atoms with Crippen LogP contribution in [-0.2, 0) is 7.05 Å². The Hall–Kier alpha value is -4.48. The Labute approximate surface area is 205 Å². The van der Waals surface area contributed by atoms with Crippen molar-refractivity contribution in [2.24, 2.45) is 7.05 Å². The molecule has 0 saturated heterocycles. The molecule has 3 heterocycles. The van der Waals surface area contributed by atoms with E-state index in [-0.39, 0.29) is 22.7 Å². The van der Waals surface area contributed by atoms with E-state index in [0.29, 0.717) is 16.6 Å². The second-order valence-electron chi connectivity index (χ2n) is 8.10. The number of fused-ring (bicyclic) bond motifs is 2. The summed E-state index contributed by atoms with van der Waals surface area (Å²) in [5, 5.41) is 0.437. The van der Waals surface area contributed by atoms with Gasteiger partial charge in [-0.05, 0) is 42.0 Å². The second-order valence-corrected chi connectivity index (χ2v) is 8.10. The monoisotopic (exact) mass is 516 g/mol. The molecule has 0 atom stereocenters. The molecule has 0 saturated carbocycles. The number of halogens is 5. The molecule has 0 aliphatic heterocycles. The van der Waals surface area contributed by atoms with Crippen LogP contribution in [0.15, 0.2) is 71.9 Å². The van der Waals surface area contributed by atoms with Gasteiger partial charge in [-0.15, -0.1) is 0 Å². The second kappa shape index (κ2) is 9.19. The van der Waals surface area contributed by atoms with Crippen molar-refractivity contribution in [3.8, 4) is 28.4 Å². The lowest BCUT2D eigenvalue weighted by Gasteiger charge is -2.14. The molecular formula is C25H17F5N4O3. The van der Waals surface area contributed by atoms with Crippen LogP contribution in [0.3, 0.4) is 0 Å². The zero-order valence-electron chi connectivity index (χ0n) is 19.0. The Morgan fingerprint density at radius 1 is 1.03 bits per heavy atom. The standard InChI is InChI=1S/C25H17F5N4O3/c1-33-13-31-18-8-5-16(10-19(18)33)34-11-15-4-9-20(36-12-25(28,29)30)32-22(15)21(23(34)35)14-2-6-17(7-3-14)37-24(26)27/h2-11,13,24H,12H2,1H3. The molecule has 37 heavy (non-hydrogen) atoms. The number of aromatic nitrogens is 4. The number of hydrogen-bond donors (Lipinski definition) is 0. The number of aryl methyl sites for hydroxylation is 1. The molecule has 0 bridgehead atoms. The molecule has 0 unspecified atom stereocenters. The molecule has 0 aliphatic rings. The molecule has 0 radical (unpaired) electrons. The van der Waals surface area contributed by atoms with Crippen LogP contribution in [0.5, 0.6) is 11.6 Å². The van der Waals surface area contributed by atoms with E-state index in [2.05, 4.69) is 14.7 Å². The van der Waals surface area contributed by atoms with Gasteiger partial charge in [-0.1, -0.05) is 12.1 Å². The third-order valence-corrected chi connectivity index (χ3v) is 5.58. The first-order valence-electron chi connectivity index (χ1n) is 10.8. The van der Waals surface area contributed by atoms with Crippen molar-refractivity contribution < 1.29 is 31.4 Å². The summed E-state index contributed by atoms with van der Waals surface area (Å²) in [6.07, 6.45) is -1.42. The van der Waals surface area contributed by atoms with Crippen LogP contribution in [0.25, 0.3) is 38.8 Å². The molecule has 2 aromatic carbocycles. The maximum atomic E-state index is 13.8. The van der Waals surface area contributed by atoms with E-state index in [1.165, 1.54) is 47.2 Å². The topological polar surface area (TPSA) is 71.2 Å². The number of imidazole rings is 1. The molecule has 12 heteroatoms. The van der Waals surface area contributed by atoms with Gasteiger partial charge in [-0.25, -0.2) is 9.97 Å². The van der Waals surface area contributed by atoms with Gasteiger partial charge in [-0.2, -0.15) is 22.0 Å². The van der Waals surface area contributed by atoms with E-state index in [4.69, 9.17) is 4.74 Å². The van der Waals surface area contributed by atoms with E-state index in [0.717, 1.165) is 11.0 Å². The molecule has 0 fully saturated rings. The van der Waals surface area contributed by atoms with Crippen LogP contribution in [0.4, 0.5) is 22.0 Å². The van der Waals surface area contributed by atoms with E-state index >= 15 is 0 Å². The van der Waals surface area contributed by atoms with E-state index in [9.17, 15) is 26.7 Å². The highest BCUT2D eigenvalue weighted by molar-refractivity contribution is 5.93. The first-order chi connectivity index (χ1) is 17.6. The molecule has 0 N–H and O–H groups in total. The zero-order chi connectivity index (χ0) is 26.3. The number of benzene rings is 2. The lowest BCUT2D eigenvalue weighted by atomic mass is 10.0. The van der Waals surface area contributed by atoms with E-state index in [1.54, 1.807) is 29.1 Å². The molecule has 3 aromatic heterocycles. The third kappa shape index (κ3) is 4.95. The number of hydrogen-bond acceptors (Lipinski definition) is 5. The fraction of sp³-hybridized carbons (Fsp3) is 0.160. The van der Waals surface area contributed by atoms with Crippen LogP contribution in [0.2, 0.25) is 0 Å². The van der Waals surface area contributed by atoms with Gasteiger partial charge in [0.1, 0.15) is 5.75 Å². The van der Waals surface area contributed by atoms with Crippen LogP contribution < -0.4 is 15.0 Å². The quantitative estimate of drug-likeness (QED) is 0.280. The van der Waals surface area contributed by atoms with Gasteiger partial charge in [0, 0.05) is 24.7 Å². The molecular weight excluding hydrogens is 499 g/mol. The van der Waals surface area contributed by atoms with Gasteiger partial charge >= 0.3 is 12.8 Å². The largest absolute Gasteiger partial charge is 0.468 e. The van der Waals surface area contributed by atoms with Crippen LogP contribution >= 0.6 is 0 Å². The Kier molecular flexibility index (Phi) is 6.02. The van der Waals surface area contributed by atoms with Gasteiger partial charge < -0.3 is 14.0 Å². The summed E-state index contributed by atoms with van der Waals surface area (Å²) < 4.78 is 75.5. The van der Waals surface area contributed by atoms with Crippen LogP contribution in [-0.4, -0.2) is 38.5 Å². The Balaban J connectivity index is 1.70. The average Bonchev–Trinajstić information content (AvgIpc) is 3.22. The van der Waals surface area contributed by atoms with Crippen LogP contribution in [0, 0.1) is 0 Å². The van der Waals surface area contributed by atoms with E-state index < -0.39 is 25.0 Å². The SMILES string of the molecule is Cn1cnc2ccc(-n3cc4ccc(OCC(F)(F)F)nc4c(-c4ccc(OC(F)F)cc4)c3=O)cc21. The Morgan fingerprint density at radius 2 is 1.78 bits per heavy atom. The third-order valence-electron chi connectivity index (χ3n) is 5.58. The van der Waals surface area contributed by atoms with E-state index in [1.807, 2.05) is 7.05 Å². The number of rotatable bonds is 6. The first kappa shape index (κ1) is 24.2. The first-order valence-corrected chi connectivity index (χ1v) is 10.8. The van der Waals surface area contributed by atoms with Gasteiger partial charge in [-0.3, -0.25) is 9.36 Å². The van der Waals surface area contributed by atoms with Crippen molar-refractivity contribution in [1.29, 1.82) is 0 Å². The highest BCUT2D eigenvalue weighted by Crippen LogP contribution is 2.29. The van der Waals surface area contributed by atoms with Crippen LogP contribution in [0.1, 0.15) is 0 Å². The van der Waals surface area contributed by atoms with Crippen molar-refractivity contribution in [1.82, 2.24) is 19.1 Å². The summed E-state index contributed by atoms with van der Waals surface area (Å²) in [4.78, 5) is 22.2. The normalized spacial score (nSPS) is 12.0. The van der Waals surface area contributed by atoms with Crippen molar-refractivity contribution in [3.63, 3.8) is 0 Å². The van der Waals surface area contributed by atoms with Crippen molar-refractivity contribution in [2.45, 2.75) is 12.8 Å². The van der Waals surface area contributed by atoms with Gasteiger partial charge in [0.05, 0.1) is 34.1 Å². The highest BCUT2D eigenvalue weighted by Gasteiger charge is 2.29. The summed E-state index contributed by atoms with van der Waals surface area (Å²) >= 11 is 0. The smallest absolute Gasteiger partial charge is 0.422 e. The number of alkyl halides is 5. The molecule has 0 spiro atoms. The predicted molar refractivity (Wildman–Crippen MR) is 125 cm³/mol.